The van der Waals surface area contributed by atoms with E-state index in [-0.39, 0.29) is 10.6 Å². The molecule has 5 nitrogen and oxygen atoms in total. The molecule has 0 saturated heterocycles. The normalized spacial score (nSPS) is 12.7. The minimum Gasteiger partial charge on any atom is -0.466 e. The monoisotopic (exact) mass is 341 g/mol. The van der Waals surface area contributed by atoms with Crippen molar-refractivity contribution in [2.45, 2.75) is 12.4 Å². The van der Waals surface area contributed by atoms with Crippen LogP contribution in [0.4, 0.5) is 18.9 Å². The first-order valence-corrected chi connectivity index (χ1v) is 6.80. The summed E-state index contributed by atoms with van der Waals surface area (Å²) < 4.78 is 48.4. The number of ether oxygens (including phenoxy) is 2. The molecule has 0 aromatic heterocycles. The highest BCUT2D eigenvalue weighted by Gasteiger charge is 2.48. The number of hydrogen-bond donors (Lipinski definition) is 0. The number of rotatable bonds is 4. The van der Waals surface area contributed by atoms with Crippen molar-refractivity contribution < 1.29 is 32.2 Å². The van der Waals surface area contributed by atoms with Crippen molar-refractivity contribution in [2.24, 2.45) is 0 Å². The molecule has 0 spiro atoms. The summed E-state index contributed by atoms with van der Waals surface area (Å²) in [7, 11) is 2.01. The molecule has 0 fully saturated rings. The van der Waals surface area contributed by atoms with Crippen LogP contribution < -0.4 is 4.90 Å². The van der Waals surface area contributed by atoms with Crippen LogP contribution in [0.1, 0.15) is 0 Å². The van der Waals surface area contributed by atoms with Crippen molar-refractivity contribution >= 4 is 28.3 Å². The molecule has 0 radical (unpaired) electrons. The average molecular weight is 341 g/mol. The fraction of sp³-hybridized carbons (Fsp3) is 0.250. The maximum absolute atomic E-state index is 13.1. The van der Waals surface area contributed by atoms with Gasteiger partial charge in [-0.05, 0) is 11.5 Å². The molecule has 0 aliphatic carbocycles. The third-order valence-electron chi connectivity index (χ3n) is 3.35. The first-order valence-electron chi connectivity index (χ1n) is 6.80. The molecular weight excluding hydrogens is 327 g/mol. The largest absolute Gasteiger partial charge is 0.471 e. The number of alkyl halides is 3. The van der Waals surface area contributed by atoms with E-state index in [9.17, 15) is 22.8 Å². The molecule has 0 heterocycles. The number of hydrogen-bond acceptors (Lipinski definition) is 4. The van der Waals surface area contributed by atoms with Gasteiger partial charge in [0, 0.05) is 12.5 Å². The number of carbonyl (C=O) groups is 2. The van der Waals surface area contributed by atoms with Crippen molar-refractivity contribution in [1.82, 2.24) is 0 Å². The molecule has 8 heteroatoms. The lowest BCUT2D eigenvalue weighted by Crippen LogP contribution is -2.52. The Balaban J connectivity index is 2.69. The van der Waals surface area contributed by atoms with Crippen LogP contribution in [0.2, 0.25) is 0 Å². The van der Waals surface area contributed by atoms with Gasteiger partial charge in [0.05, 0.1) is 12.8 Å². The molecule has 0 saturated carbocycles. The van der Waals surface area contributed by atoms with Crippen molar-refractivity contribution in [2.75, 3.05) is 19.1 Å². The highest BCUT2D eigenvalue weighted by molar-refractivity contribution is 6.08. The molecule has 1 atom stereocenters. The lowest BCUT2D eigenvalue weighted by Gasteiger charge is -2.30. The van der Waals surface area contributed by atoms with Crippen molar-refractivity contribution in [3.8, 4) is 0 Å². The Labute approximate surface area is 135 Å². The summed E-state index contributed by atoms with van der Waals surface area (Å²) in [5, 5.41) is 0.971. The predicted octanol–water partition coefficient (Wildman–Crippen LogP) is 2.88. The Bertz CT molecular complexity index is 755. The van der Waals surface area contributed by atoms with Crippen molar-refractivity contribution in [3.63, 3.8) is 0 Å². The van der Waals surface area contributed by atoms with Crippen LogP contribution in [-0.4, -0.2) is 38.5 Å². The van der Waals surface area contributed by atoms with Gasteiger partial charge in [0.2, 0.25) is 6.23 Å². The second kappa shape index (κ2) is 6.88. The second-order valence-electron chi connectivity index (χ2n) is 4.78. The topological polar surface area (TPSA) is 55.8 Å². The zero-order chi connectivity index (χ0) is 17.9. The van der Waals surface area contributed by atoms with E-state index in [0.29, 0.717) is 10.8 Å². The second-order valence-corrected chi connectivity index (χ2v) is 4.78. The van der Waals surface area contributed by atoms with E-state index in [2.05, 4.69) is 4.74 Å². The van der Waals surface area contributed by atoms with E-state index in [0.717, 1.165) is 14.2 Å². The Kier molecular flexibility index (Phi) is 5.08. The first kappa shape index (κ1) is 17.7. The third-order valence-corrected chi connectivity index (χ3v) is 3.35. The van der Waals surface area contributed by atoms with E-state index < -0.39 is 24.3 Å². The lowest BCUT2D eigenvalue weighted by atomic mass is 10.1. The Morgan fingerprint density at radius 1 is 1.04 bits per heavy atom. The fourth-order valence-electron chi connectivity index (χ4n) is 2.31. The summed E-state index contributed by atoms with van der Waals surface area (Å²) in [6.07, 6.45) is -7.06. The number of amides is 1. The Hall–Kier alpha value is -2.61. The highest BCUT2D eigenvalue weighted by Crippen LogP contribution is 2.32. The number of carbonyl (C=O) groups excluding carboxylic acids is 2. The van der Waals surface area contributed by atoms with Crippen LogP contribution in [0, 0.1) is 0 Å². The van der Waals surface area contributed by atoms with Crippen LogP contribution in [0.5, 0.6) is 0 Å². The Morgan fingerprint density at radius 2 is 1.67 bits per heavy atom. The molecule has 128 valence electrons. The maximum atomic E-state index is 13.1. The highest BCUT2D eigenvalue weighted by atomic mass is 19.4. The standard InChI is InChI=1S/C16H14F3NO4/c1-23-13(14(21)24-2)20(15(22)16(17,18)19)12-9-5-7-10-6-3-4-8-11(10)12/h3-9,13H,1-2H3/t13-/m0/s1. The van der Waals surface area contributed by atoms with Gasteiger partial charge < -0.3 is 9.47 Å². The number of esters is 1. The molecule has 0 aliphatic rings. The van der Waals surface area contributed by atoms with E-state index in [4.69, 9.17) is 4.74 Å². The van der Waals surface area contributed by atoms with Crippen LogP contribution in [0.3, 0.4) is 0 Å². The number of anilines is 1. The fourth-order valence-corrected chi connectivity index (χ4v) is 2.31. The molecule has 24 heavy (non-hydrogen) atoms. The lowest BCUT2D eigenvalue weighted by molar-refractivity contribution is -0.175. The van der Waals surface area contributed by atoms with Gasteiger partial charge in [0.15, 0.2) is 0 Å². The minimum absolute atomic E-state index is 0.104. The summed E-state index contributed by atoms with van der Waals surface area (Å²) in [5.41, 5.74) is -0.104. The summed E-state index contributed by atoms with van der Waals surface area (Å²) in [4.78, 5) is 24.0. The molecular formula is C16H14F3NO4. The first-order chi connectivity index (χ1) is 11.3. The number of methoxy groups -OCH3 is 2. The molecule has 1 amide bonds. The van der Waals surface area contributed by atoms with Crippen LogP contribution in [0.25, 0.3) is 10.8 Å². The molecule has 2 aromatic rings. The van der Waals surface area contributed by atoms with Gasteiger partial charge in [-0.2, -0.15) is 13.2 Å². The van der Waals surface area contributed by atoms with E-state index in [1.807, 2.05) is 0 Å². The average Bonchev–Trinajstić information content (AvgIpc) is 2.57. The molecule has 0 bridgehead atoms. The van der Waals surface area contributed by atoms with Gasteiger partial charge >= 0.3 is 18.1 Å². The summed E-state index contributed by atoms with van der Waals surface area (Å²) in [5.74, 6) is -3.35. The maximum Gasteiger partial charge on any atom is 0.471 e. The summed E-state index contributed by atoms with van der Waals surface area (Å²) in [6, 6.07) is 11.0. The molecule has 2 rings (SSSR count). The van der Waals surface area contributed by atoms with Gasteiger partial charge in [-0.3, -0.25) is 9.69 Å². The van der Waals surface area contributed by atoms with Crippen molar-refractivity contribution in [1.29, 1.82) is 0 Å². The zero-order valence-electron chi connectivity index (χ0n) is 12.8. The van der Waals surface area contributed by atoms with Crippen molar-refractivity contribution in [3.05, 3.63) is 42.5 Å². The molecule has 0 N–H and O–H groups in total. The van der Waals surface area contributed by atoms with Crippen LogP contribution in [-0.2, 0) is 19.1 Å². The molecule has 2 aromatic carbocycles. The van der Waals surface area contributed by atoms with E-state index in [1.54, 1.807) is 30.3 Å². The van der Waals surface area contributed by atoms with Gasteiger partial charge in [0.1, 0.15) is 0 Å². The van der Waals surface area contributed by atoms with Crippen LogP contribution >= 0.6 is 0 Å². The number of nitrogens with zero attached hydrogens (tertiary/aromatic N) is 1. The smallest absolute Gasteiger partial charge is 0.466 e. The minimum atomic E-state index is -5.19. The Morgan fingerprint density at radius 3 is 2.25 bits per heavy atom. The van der Waals surface area contributed by atoms with Gasteiger partial charge in [-0.15, -0.1) is 0 Å². The van der Waals surface area contributed by atoms with E-state index in [1.165, 1.54) is 12.1 Å². The van der Waals surface area contributed by atoms with E-state index >= 15 is 0 Å². The number of halogens is 3. The quantitative estimate of drug-likeness (QED) is 0.634. The summed E-state index contributed by atoms with van der Waals surface area (Å²) >= 11 is 0. The number of fused-ring (bicyclic) bond motifs is 1. The zero-order valence-corrected chi connectivity index (χ0v) is 12.8. The summed E-state index contributed by atoms with van der Waals surface area (Å²) in [6.45, 7) is 0. The third kappa shape index (κ3) is 3.33. The number of benzene rings is 2. The van der Waals surface area contributed by atoms with Gasteiger partial charge in [-0.1, -0.05) is 36.4 Å². The molecule has 0 aliphatic heterocycles. The molecule has 0 unspecified atom stereocenters. The van der Waals surface area contributed by atoms with Gasteiger partial charge in [0.25, 0.3) is 0 Å². The predicted molar refractivity (Wildman–Crippen MR) is 80.3 cm³/mol. The SMILES string of the molecule is COC(=O)[C@H](OC)N(C(=O)C(F)(F)F)c1cccc2ccccc12. The van der Waals surface area contributed by atoms with Gasteiger partial charge in [-0.25, -0.2) is 4.79 Å². The van der Waals surface area contributed by atoms with Crippen LogP contribution in [0.15, 0.2) is 42.5 Å².